The number of hydrogen-bond donors (Lipinski definition) is 0. The van der Waals surface area contributed by atoms with E-state index in [-0.39, 0.29) is 5.41 Å². The monoisotopic (exact) mass is 428 g/mol. The summed E-state index contributed by atoms with van der Waals surface area (Å²) in [6.07, 6.45) is 6.75. The Morgan fingerprint density at radius 3 is 1.54 bits per heavy atom. The summed E-state index contributed by atoms with van der Waals surface area (Å²) in [5.74, 6) is 1.03. The first kappa shape index (κ1) is 17.0. The molecular weight excluding hydrogens is 403 g/mol. The summed E-state index contributed by atoms with van der Waals surface area (Å²) in [5, 5.41) is 0. The van der Waals surface area contributed by atoms with Gasteiger partial charge in [-0.15, -0.1) is 0 Å². The number of rotatable bonds is 2. The first-order chi connectivity index (χ1) is 13.8. The molecule has 0 N–H and O–H groups in total. The summed E-state index contributed by atoms with van der Waals surface area (Å²) in [5.41, 5.74) is 8.90. The number of hydrogen-bond acceptors (Lipinski definition) is 0. The molecule has 0 saturated heterocycles. The fraction of sp³-hybridized carbons (Fsp3) is 0.296. The molecule has 0 radical (unpaired) electrons. The summed E-state index contributed by atoms with van der Waals surface area (Å²) in [6, 6.07) is 27.7. The molecule has 1 fully saturated rings. The summed E-state index contributed by atoms with van der Waals surface area (Å²) in [6.45, 7) is 0. The van der Waals surface area contributed by atoms with E-state index >= 15 is 0 Å². The third-order valence-corrected chi connectivity index (χ3v) is 8.71. The van der Waals surface area contributed by atoms with Gasteiger partial charge in [-0.2, -0.15) is 0 Å². The standard InChI is InChI=1S/C27H24Se/c28-26(18-10-2-1-3-11-18)27-22-15-7-4-12-19(22)25(20-13-5-8-16-23(20)27)21-14-6-9-17-24(21)27/h4-9,12-18,25H,1-3,10-11H2. The Morgan fingerprint density at radius 2 is 1.07 bits per heavy atom. The number of benzene rings is 3. The van der Waals surface area contributed by atoms with Crippen LogP contribution in [0.4, 0.5) is 0 Å². The van der Waals surface area contributed by atoms with Gasteiger partial charge in [-0.25, -0.2) is 0 Å². The van der Waals surface area contributed by atoms with Gasteiger partial charge in [0, 0.05) is 0 Å². The molecule has 0 atom stereocenters. The zero-order valence-corrected chi connectivity index (χ0v) is 17.7. The Labute approximate surface area is 175 Å². The minimum atomic E-state index is -0.138. The van der Waals surface area contributed by atoms with Crippen molar-refractivity contribution < 1.29 is 0 Å². The minimum absolute atomic E-state index is 0.138. The summed E-state index contributed by atoms with van der Waals surface area (Å²) < 4.78 is 1.55. The van der Waals surface area contributed by atoms with Gasteiger partial charge in [-0.3, -0.25) is 0 Å². The van der Waals surface area contributed by atoms with Crippen molar-refractivity contribution in [3.05, 3.63) is 106 Å². The van der Waals surface area contributed by atoms with E-state index in [1.165, 1.54) is 65.5 Å². The van der Waals surface area contributed by atoms with Crippen LogP contribution in [0.15, 0.2) is 72.8 Å². The Balaban J connectivity index is 1.72. The Bertz CT molecular complexity index is 971. The van der Waals surface area contributed by atoms with Gasteiger partial charge in [-0.05, 0) is 0 Å². The first-order valence-electron chi connectivity index (χ1n) is 10.7. The van der Waals surface area contributed by atoms with Crippen molar-refractivity contribution in [1.82, 2.24) is 0 Å². The van der Waals surface area contributed by atoms with Gasteiger partial charge >= 0.3 is 176 Å². The molecule has 0 amide bonds. The maximum absolute atomic E-state index is 3.67. The normalized spacial score (nSPS) is 24.9. The molecule has 0 aromatic heterocycles. The van der Waals surface area contributed by atoms with E-state index in [9.17, 15) is 0 Å². The topological polar surface area (TPSA) is 0 Å². The van der Waals surface area contributed by atoms with E-state index in [1.807, 2.05) is 0 Å². The second kappa shape index (κ2) is 6.28. The van der Waals surface area contributed by atoms with Gasteiger partial charge < -0.3 is 0 Å². The predicted octanol–water partition coefficient (Wildman–Crippen LogP) is 5.75. The Morgan fingerprint density at radius 1 is 0.643 bits per heavy atom. The molecule has 1 saturated carbocycles. The van der Waals surface area contributed by atoms with Crippen molar-refractivity contribution in [3.63, 3.8) is 0 Å². The van der Waals surface area contributed by atoms with Crippen LogP contribution in [-0.4, -0.2) is 20.0 Å². The van der Waals surface area contributed by atoms with Crippen molar-refractivity contribution in [2.45, 2.75) is 43.4 Å². The SMILES string of the molecule is [Se]=C(C1CCCCC1)C12c3ccccc3C(c3ccccc31)c1ccccc12. The van der Waals surface area contributed by atoms with E-state index in [4.69, 9.17) is 0 Å². The van der Waals surface area contributed by atoms with Crippen LogP contribution in [0, 0.1) is 5.92 Å². The molecule has 0 heterocycles. The molecule has 4 aliphatic rings. The van der Waals surface area contributed by atoms with Crippen LogP contribution in [0.3, 0.4) is 0 Å². The Kier molecular flexibility index (Phi) is 3.80. The maximum atomic E-state index is 3.67. The molecule has 7 rings (SSSR count). The van der Waals surface area contributed by atoms with E-state index in [0.717, 1.165) is 0 Å². The molecule has 3 aromatic carbocycles. The Hall–Kier alpha value is -1.95. The summed E-state index contributed by atoms with van der Waals surface area (Å²) >= 11 is 3.67. The average Bonchev–Trinajstić information content (AvgIpc) is 2.79. The second-order valence-corrected chi connectivity index (χ2v) is 9.57. The second-order valence-electron chi connectivity index (χ2n) is 8.64. The van der Waals surface area contributed by atoms with Crippen LogP contribution in [-0.2, 0) is 5.41 Å². The van der Waals surface area contributed by atoms with Crippen molar-refractivity contribution >= 4 is 20.0 Å². The fourth-order valence-electron chi connectivity index (χ4n) is 6.28. The molecule has 0 nitrogen and oxygen atoms in total. The van der Waals surface area contributed by atoms with Crippen LogP contribution >= 0.6 is 0 Å². The molecule has 0 unspecified atom stereocenters. The van der Waals surface area contributed by atoms with Gasteiger partial charge in [-0.1, -0.05) is 0 Å². The van der Waals surface area contributed by atoms with E-state index in [1.54, 1.807) is 4.42 Å². The molecule has 2 bridgehead atoms. The van der Waals surface area contributed by atoms with Crippen LogP contribution in [0.5, 0.6) is 0 Å². The van der Waals surface area contributed by atoms with Gasteiger partial charge in [0.05, 0.1) is 0 Å². The van der Waals surface area contributed by atoms with Crippen LogP contribution in [0.25, 0.3) is 0 Å². The van der Waals surface area contributed by atoms with E-state index < -0.39 is 0 Å². The molecule has 28 heavy (non-hydrogen) atoms. The molecule has 138 valence electrons. The summed E-state index contributed by atoms with van der Waals surface area (Å²) in [4.78, 5) is 0. The van der Waals surface area contributed by atoms with Gasteiger partial charge in [0.15, 0.2) is 0 Å². The van der Waals surface area contributed by atoms with Crippen molar-refractivity contribution in [1.29, 1.82) is 0 Å². The third kappa shape index (κ3) is 2.04. The van der Waals surface area contributed by atoms with Crippen LogP contribution in [0.1, 0.15) is 71.4 Å². The van der Waals surface area contributed by atoms with Gasteiger partial charge in [0.1, 0.15) is 0 Å². The zero-order valence-electron chi connectivity index (χ0n) is 16.0. The van der Waals surface area contributed by atoms with Crippen molar-refractivity contribution in [3.8, 4) is 0 Å². The van der Waals surface area contributed by atoms with Crippen LogP contribution < -0.4 is 0 Å². The van der Waals surface area contributed by atoms with Gasteiger partial charge in [0.25, 0.3) is 0 Å². The van der Waals surface area contributed by atoms with E-state index in [0.29, 0.717) is 11.8 Å². The molecule has 4 aliphatic carbocycles. The van der Waals surface area contributed by atoms with Crippen molar-refractivity contribution in [2.75, 3.05) is 0 Å². The molecule has 0 aliphatic heterocycles. The molecule has 1 heteroatoms. The van der Waals surface area contributed by atoms with Gasteiger partial charge in [0.2, 0.25) is 0 Å². The molecule has 0 spiro atoms. The van der Waals surface area contributed by atoms with Crippen LogP contribution in [0.2, 0.25) is 0 Å². The molecular formula is C27H24Se. The third-order valence-electron chi connectivity index (χ3n) is 7.37. The average molecular weight is 427 g/mol. The zero-order chi connectivity index (χ0) is 18.7. The predicted molar refractivity (Wildman–Crippen MR) is 117 cm³/mol. The first-order valence-corrected chi connectivity index (χ1v) is 11.5. The quantitative estimate of drug-likeness (QED) is 0.457. The summed E-state index contributed by atoms with van der Waals surface area (Å²) in [7, 11) is 0. The van der Waals surface area contributed by atoms with Crippen molar-refractivity contribution in [2.24, 2.45) is 5.92 Å². The fourth-order valence-corrected chi connectivity index (χ4v) is 7.46. The van der Waals surface area contributed by atoms with E-state index in [2.05, 4.69) is 88.4 Å². The molecule has 3 aromatic rings.